The summed E-state index contributed by atoms with van der Waals surface area (Å²) in [5.74, 6) is 5.15. The van der Waals surface area contributed by atoms with Gasteiger partial charge in [-0.3, -0.25) is 20.7 Å². The first-order valence-corrected chi connectivity index (χ1v) is 7.34. The van der Waals surface area contributed by atoms with E-state index in [0.29, 0.717) is 0 Å². The summed E-state index contributed by atoms with van der Waals surface area (Å²) >= 11 is 1.00. The van der Waals surface area contributed by atoms with E-state index in [2.05, 4.69) is 20.3 Å². The lowest BCUT2D eigenvalue weighted by molar-refractivity contribution is -0.384. The van der Waals surface area contributed by atoms with Crippen molar-refractivity contribution in [2.75, 3.05) is 10.1 Å². The summed E-state index contributed by atoms with van der Waals surface area (Å²) in [4.78, 5) is 9.86. The Labute approximate surface area is 116 Å². The number of nitrogens with two attached hydrogens (primary N) is 1. The van der Waals surface area contributed by atoms with Crippen LogP contribution in [0.3, 0.4) is 0 Å². The van der Waals surface area contributed by atoms with Crippen molar-refractivity contribution in [3.63, 3.8) is 0 Å². The number of sulfonamides is 1. The highest BCUT2D eigenvalue weighted by Crippen LogP contribution is 2.27. The molecule has 0 saturated heterocycles. The summed E-state index contributed by atoms with van der Waals surface area (Å²) in [5, 5.41) is 17.9. The molecule has 12 heteroatoms. The maximum Gasteiger partial charge on any atom is 0.293 e. The monoisotopic (exact) mass is 316 g/mol. The maximum absolute atomic E-state index is 12.0. The molecule has 0 saturated carbocycles. The highest BCUT2D eigenvalue weighted by atomic mass is 32.2. The zero-order valence-electron chi connectivity index (χ0n) is 9.68. The number of aromatic nitrogens is 2. The van der Waals surface area contributed by atoms with Crippen LogP contribution in [0.5, 0.6) is 0 Å². The fraction of sp³-hybridized carbons (Fsp3) is 0. The number of nitro benzene ring substituents is 1. The first-order valence-electron chi connectivity index (χ1n) is 4.98. The third-order valence-electron chi connectivity index (χ3n) is 2.21. The van der Waals surface area contributed by atoms with Gasteiger partial charge < -0.3 is 5.43 Å². The van der Waals surface area contributed by atoms with Gasteiger partial charge in [0.15, 0.2) is 0 Å². The molecule has 0 amide bonds. The van der Waals surface area contributed by atoms with E-state index in [1.165, 1.54) is 5.51 Å². The lowest BCUT2D eigenvalue weighted by atomic mass is 10.3. The molecule has 0 aliphatic heterocycles. The zero-order chi connectivity index (χ0) is 14.8. The van der Waals surface area contributed by atoms with Gasteiger partial charge in [0.1, 0.15) is 11.2 Å². The van der Waals surface area contributed by atoms with Crippen molar-refractivity contribution in [3.8, 4) is 0 Å². The molecule has 2 aromatic rings. The number of rotatable bonds is 5. The standard InChI is InChI=1S/C8H8N6O4S2/c9-11-6-3-5(1-2-7(6)14(15)16)20(17,18)13-8-12-10-4-19-8/h1-4,11H,9H2,(H,12,13). The van der Waals surface area contributed by atoms with Gasteiger partial charge in [-0.05, 0) is 12.1 Å². The Bertz CT molecular complexity index is 729. The van der Waals surface area contributed by atoms with Crippen LogP contribution in [0.1, 0.15) is 0 Å². The number of nitrogens with zero attached hydrogens (tertiary/aromatic N) is 3. The van der Waals surface area contributed by atoms with E-state index in [0.717, 1.165) is 29.5 Å². The summed E-state index contributed by atoms with van der Waals surface area (Å²) in [6.07, 6.45) is 0. The molecule has 0 spiro atoms. The molecule has 0 radical (unpaired) electrons. The van der Waals surface area contributed by atoms with E-state index in [1.54, 1.807) is 0 Å². The molecular weight excluding hydrogens is 308 g/mol. The number of hydrogen-bond donors (Lipinski definition) is 3. The number of anilines is 2. The van der Waals surface area contributed by atoms with Gasteiger partial charge in [0, 0.05) is 6.07 Å². The van der Waals surface area contributed by atoms with Gasteiger partial charge in [0.05, 0.1) is 9.82 Å². The van der Waals surface area contributed by atoms with Crippen molar-refractivity contribution in [1.82, 2.24) is 10.2 Å². The van der Waals surface area contributed by atoms with Gasteiger partial charge in [-0.1, -0.05) is 11.3 Å². The average Bonchev–Trinajstić information content (AvgIpc) is 2.89. The highest BCUT2D eigenvalue weighted by molar-refractivity contribution is 7.93. The van der Waals surface area contributed by atoms with Crippen LogP contribution in [-0.4, -0.2) is 23.5 Å². The predicted molar refractivity (Wildman–Crippen MR) is 71.6 cm³/mol. The molecule has 4 N–H and O–H groups in total. The van der Waals surface area contributed by atoms with Gasteiger partial charge in [0.2, 0.25) is 5.13 Å². The maximum atomic E-state index is 12.0. The minimum Gasteiger partial charge on any atom is -0.318 e. The molecule has 0 atom stereocenters. The number of nitro groups is 1. The second kappa shape index (κ2) is 5.36. The van der Waals surface area contributed by atoms with Crippen molar-refractivity contribution in [1.29, 1.82) is 0 Å². The minimum absolute atomic E-state index is 0.0885. The number of nitrogens with one attached hydrogen (secondary N) is 2. The summed E-state index contributed by atoms with van der Waals surface area (Å²) < 4.78 is 26.3. The topological polar surface area (TPSA) is 153 Å². The molecule has 1 aromatic heterocycles. The number of hydrogen-bond acceptors (Lipinski definition) is 9. The normalized spacial score (nSPS) is 11.1. The lowest BCUT2D eigenvalue weighted by Crippen LogP contribution is -2.15. The fourth-order valence-electron chi connectivity index (χ4n) is 1.35. The van der Waals surface area contributed by atoms with E-state index in [9.17, 15) is 18.5 Å². The molecule has 0 aliphatic carbocycles. The number of benzene rings is 1. The molecule has 106 valence electrons. The molecule has 1 aromatic carbocycles. The second-order valence-electron chi connectivity index (χ2n) is 3.43. The van der Waals surface area contributed by atoms with Crippen molar-refractivity contribution in [3.05, 3.63) is 33.8 Å². The van der Waals surface area contributed by atoms with Crippen molar-refractivity contribution in [2.24, 2.45) is 5.84 Å². The first kappa shape index (κ1) is 14.1. The van der Waals surface area contributed by atoms with Gasteiger partial charge in [-0.2, -0.15) is 0 Å². The Morgan fingerprint density at radius 1 is 1.40 bits per heavy atom. The number of nitrogen functional groups attached to an aromatic ring is 1. The third-order valence-corrected chi connectivity index (χ3v) is 4.28. The van der Waals surface area contributed by atoms with Crippen LogP contribution in [0.2, 0.25) is 0 Å². The Morgan fingerprint density at radius 3 is 2.70 bits per heavy atom. The van der Waals surface area contributed by atoms with Crippen LogP contribution >= 0.6 is 11.3 Å². The lowest BCUT2D eigenvalue weighted by Gasteiger charge is -2.07. The zero-order valence-corrected chi connectivity index (χ0v) is 11.3. The molecule has 20 heavy (non-hydrogen) atoms. The first-order chi connectivity index (χ1) is 9.44. The van der Waals surface area contributed by atoms with Gasteiger partial charge in [0.25, 0.3) is 15.7 Å². The van der Waals surface area contributed by atoms with Crippen LogP contribution in [0.4, 0.5) is 16.5 Å². The van der Waals surface area contributed by atoms with E-state index in [1.807, 2.05) is 0 Å². The molecule has 0 fully saturated rings. The van der Waals surface area contributed by atoms with Gasteiger partial charge in [-0.15, -0.1) is 10.2 Å². The molecule has 0 unspecified atom stereocenters. The molecular formula is C8H8N6O4S2. The largest absolute Gasteiger partial charge is 0.318 e. The molecule has 0 bridgehead atoms. The number of hydrazine groups is 1. The van der Waals surface area contributed by atoms with E-state index >= 15 is 0 Å². The summed E-state index contributed by atoms with van der Waals surface area (Å²) in [6.45, 7) is 0. The van der Waals surface area contributed by atoms with Crippen LogP contribution in [-0.2, 0) is 10.0 Å². The highest BCUT2D eigenvalue weighted by Gasteiger charge is 2.21. The SMILES string of the molecule is NNc1cc(S(=O)(=O)Nc2nncs2)ccc1[N+](=O)[O-]. The fourth-order valence-corrected chi connectivity index (χ4v) is 3.07. The average molecular weight is 316 g/mol. The van der Waals surface area contributed by atoms with Crippen LogP contribution in [0, 0.1) is 10.1 Å². The van der Waals surface area contributed by atoms with Crippen LogP contribution in [0.25, 0.3) is 0 Å². The van der Waals surface area contributed by atoms with Gasteiger partial charge >= 0.3 is 0 Å². The van der Waals surface area contributed by atoms with Crippen molar-refractivity contribution < 1.29 is 13.3 Å². The molecule has 1 heterocycles. The third kappa shape index (κ3) is 2.81. The quantitative estimate of drug-likeness (QED) is 0.410. The summed E-state index contributed by atoms with van der Waals surface area (Å²) in [5.41, 5.74) is 3.00. The van der Waals surface area contributed by atoms with Crippen LogP contribution in [0.15, 0.2) is 28.6 Å². The van der Waals surface area contributed by atoms with E-state index in [4.69, 9.17) is 5.84 Å². The Morgan fingerprint density at radius 2 is 2.15 bits per heavy atom. The smallest absolute Gasteiger partial charge is 0.293 e. The second-order valence-corrected chi connectivity index (χ2v) is 5.95. The van der Waals surface area contributed by atoms with Crippen LogP contribution < -0.4 is 16.0 Å². The Kier molecular flexibility index (Phi) is 3.78. The van der Waals surface area contributed by atoms with Crippen molar-refractivity contribution >= 4 is 37.9 Å². The van der Waals surface area contributed by atoms with Gasteiger partial charge in [-0.25, -0.2) is 8.42 Å². The Hall–Kier alpha value is -2.31. The van der Waals surface area contributed by atoms with Crippen molar-refractivity contribution in [2.45, 2.75) is 4.90 Å². The Balaban J connectivity index is 2.40. The molecule has 2 rings (SSSR count). The van der Waals surface area contributed by atoms with E-state index in [-0.39, 0.29) is 21.4 Å². The predicted octanol–water partition coefficient (Wildman–Crippen LogP) is 0.533. The summed E-state index contributed by atoms with van der Waals surface area (Å²) in [6, 6.07) is 3.20. The molecule has 0 aliphatic rings. The minimum atomic E-state index is -3.92. The molecule has 10 nitrogen and oxygen atoms in total. The van der Waals surface area contributed by atoms with E-state index < -0.39 is 14.9 Å². The summed E-state index contributed by atoms with van der Waals surface area (Å²) in [7, 11) is -3.92.